The number of aliphatic hydroxyl groups is 2. The summed E-state index contributed by atoms with van der Waals surface area (Å²) < 4.78 is 0. The van der Waals surface area contributed by atoms with Crippen LogP contribution in [0.5, 0.6) is 0 Å². The van der Waals surface area contributed by atoms with Crippen molar-refractivity contribution in [2.75, 3.05) is 0 Å². The molecule has 1 spiro atoms. The molecular weight excluding hydrogens is 492 g/mol. The van der Waals surface area contributed by atoms with E-state index >= 15 is 0 Å². The van der Waals surface area contributed by atoms with Crippen LogP contribution in [0.15, 0.2) is 65.4 Å². The number of benzene rings is 1. The molecule has 0 radical (unpaired) electrons. The Morgan fingerprint density at radius 3 is 2.56 bits per heavy atom. The first-order valence-electron chi connectivity index (χ1n) is 13.9. The van der Waals surface area contributed by atoms with E-state index in [0.717, 1.165) is 27.6 Å². The number of carbonyl (C=O) groups is 3. The average Bonchev–Trinajstić information content (AvgIpc) is 3.45. The number of aromatic amines is 1. The minimum Gasteiger partial charge on any atom is -0.388 e. The van der Waals surface area contributed by atoms with Crippen molar-refractivity contribution >= 4 is 28.4 Å². The van der Waals surface area contributed by atoms with Crippen molar-refractivity contribution in [1.82, 2.24) is 10.3 Å². The van der Waals surface area contributed by atoms with Crippen molar-refractivity contribution in [3.8, 4) is 0 Å². The molecule has 2 heterocycles. The van der Waals surface area contributed by atoms with Crippen molar-refractivity contribution in [1.29, 1.82) is 0 Å². The number of ketones is 2. The normalized spacial score (nSPS) is 34.1. The second kappa shape index (κ2) is 10.4. The summed E-state index contributed by atoms with van der Waals surface area (Å²) in [5.41, 5.74) is 2.61. The molecule has 7 unspecified atom stereocenters. The van der Waals surface area contributed by atoms with Crippen molar-refractivity contribution in [3.05, 3.63) is 71.0 Å². The van der Waals surface area contributed by atoms with Crippen LogP contribution >= 0.6 is 0 Å². The number of rotatable bonds is 2. The molecule has 0 bridgehead atoms. The van der Waals surface area contributed by atoms with Gasteiger partial charge in [-0.05, 0) is 68.7 Å². The van der Waals surface area contributed by atoms with Crippen molar-refractivity contribution < 1.29 is 24.6 Å². The summed E-state index contributed by atoms with van der Waals surface area (Å²) in [5, 5.41) is 26.4. The van der Waals surface area contributed by atoms with Gasteiger partial charge in [0.05, 0.1) is 6.10 Å². The third-order valence-electron chi connectivity index (χ3n) is 9.28. The van der Waals surface area contributed by atoms with E-state index in [1.807, 2.05) is 69.5 Å². The first-order chi connectivity index (χ1) is 18.6. The number of hydrogen-bond donors (Lipinski definition) is 4. The van der Waals surface area contributed by atoms with E-state index < -0.39 is 35.2 Å². The number of H-pyrrole nitrogens is 1. The SMILES string of the molecule is CC1=CC(C)CC=CC2C(O)C(C)=C(C)C3C(Cc4c[nH]c5ccccc45)NC(=O)C23C(=O)CCC(O)C1=O. The van der Waals surface area contributed by atoms with E-state index in [0.29, 0.717) is 18.4 Å². The van der Waals surface area contributed by atoms with Gasteiger partial charge in [-0.3, -0.25) is 14.4 Å². The molecule has 7 atom stereocenters. The quantitative estimate of drug-likeness (QED) is 0.346. The molecule has 39 heavy (non-hydrogen) atoms. The lowest BCUT2D eigenvalue weighted by Crippen LogP contribution is -2.55. The molecule has 1 fully saturated rings. The van der Waals surface area contributed by atoms with Crippen LogP contribution in [0.25, 0.3) is 10.9 Å². The van der Waals surface area contributed by atoms with Gasteiger partial charge in [0, 0.05) is 41.4 Å². The Hall–Kier alpha value is -3.29. The Morgan fingerprint density at radius 1 is 1.05 bits per heavy atom. The zero-order valence-electron chi connectivity index (χ0n) is 23.0. The van der Waals surface area contributed by atoms with Gasteiger partial charge in [-0.2, -0.15) is 0 Å². The maximum Gasteiger partial charge on any atom is 0.235 e. The van der Waals surface area contributed by atoms with Crippen LogP contribution in [-0.2, 0) is 20.8 Å². The number of amides is 1. The lowest BCUT2D eigenvalue weighted by Gasteiger charge is -2.46. The number of Topliss-reactive ketones (excluding diaryl/α,β-unsaturated/α-hetero) is 2. The van der Waals surface area contributed by atoms with Crippen LogP contribution in [0.2, 0.25) is 0 Å². The van der Waals surface area contributed by atoms with Gasteiger partial charge in [-0.15, -0.1) is 0 Å². The van der Waals surface area contributed by atoms with Crippen molar-refractivity contribution in [3.63, 3.8) is 0 Å². The predicted molar refractivity (Wildman–Crippen MR) is 150 cm³/mol. The van der Waals surface area contributed by atoms with Gasteiger partial charge >= 0.3 is 0 Å². The molecule has 1 aliphatic heterocycles. The number of aliphatic hydroxyl groups excluding tert-OH is 2. The Kier molecular flexibility index (Phi) is 7.25. The Balaban J connectivity index is 1.61. The highest BCUT2D eigenvalue weighted by molar-refractivity contribution is 6.10. The predicted octanol–water partition coefficient (Wildman–Crippen LogP) is 3.96. The molecule has 1 saturated heterocycles. The summed E-state index contributed by atoms with van der Waals surface area (Å²) in [6, 6.07) is 7.63. The molecule has 206 valence electrons. The van der Waals surface area contributed by atoms with Gasteiger partial charge in [0.2, 0.25) is 5.91 Å². The summed E-state index contributed by atoms with van der Waals surface area (Å²) in [6.45, 7) is 7.45. The van der Waals surface area contributed by atoms with Gasteiger partial charge < -0.3 is 20.5 Å². The monoisotopic (exact) mass is 530 g/mol. The van der Waals surface area contributed by atoms with E-state index in [1.54, 1.807) is 6.92 Å². The summed E-state index contributed by atoms with van der Waals surface area (Å²) in [5.74, 6) is -2.34. The number of allylic oxidation sites excluding steroid dienone is 2. The smallest absolute Gasteiger partial charge is 0.235 e. The van der Waals surface area contributed by atoms with Crippen LogP contribution in [-0.4, -0.2) is 50.9 Å². The summed E-state index contributed by atoms with van der Waals surface area (Å²) >= 11 is 0. The Bertz CT molecular complexity index is 1410. The number of fused-ring (bicyclic) bond motifs is 1. The topological polar surface area (TPSA) is 119 Å². The Labute approximate surface area is 229 Å². The largest absolute Gasteiger partial charge is 0.388 e. The highest BCUT2D eigenvalue weighted by Gasteiger charge is 2.66. The van der Waals surface area contributed by atoms with Crippen LogP contribution in [0.1, 0.15) is 52.5 Å². The fourth-order valence-electron chi connectivity index (χ4n) is 7.16. The molecule has 3 aliphatic rings. The van der Waals surface area contributed by atoms with Crippen LogP contribution in [0.3, 0.4) is 0 Å². The third-order valence-corrected chi connectivity index (χ3v) is 9.28. The second-order valence-corrected chi connectivity index (χ2v) is 11.7. The molecule has 2 aliphatic carbocycles. The highest BCUT2D eigenvalue weighted by atomic mass is 16.3. The molecule has 1 aromatic heterocycles. The minimum absolute atomic E-state index is 0.00624. The average molecular weight is 531 g/mol. The molecular formula is C32H38N2O5. The van der Waals surface area contributed by atoms with Crippen LogP contribution < -0.4 is 5.32 Å². The number of aromatic nitrogens is 1. The lowest BCUT2D eigenvalue weighted by molar-refractivity contribution is -0.148. The molecule has 4 N–H and O–H groups in total. The number of hydrogen-bond acceptors (Lipinski definition) is 5. The maximum absolute atomic E-state index is 14.2. The Morgan fingerprint density at radius 2 is 1.79 bits per heavy atom. The van der Waals surface area contributed by atoms with Gasteiger partial charge in [0.15, 0.2) is 5.78 Å². The molecule has 7 nitrogen and oxygen atoms in total. The van der Waals surface area contributed by atoms with E-state index in [9.17, 15) is 24.6 Å². The summed E-state index contributed by atoms with van der Waals surface area (Å²) in [4.78, 5) is 44.4. The summed E-state index contributed by atoms with van der Waals surface area (Å²) in [7, 11) is 0. The van der Waals surface area contributed by atoms with Gasteiger partial charge in [0.25, 0.3) is 0 Å². The minimum atomic E-state index is -1.53. The van der Waals surface area contributed by atoms with E-state index in [-0.39, 0.29) is 36.5 Å². The second-order valence-electron chi connectivity index (χ2n) is 11.7. The third kappa shape index (κ3) is 4.42. The number of para-hydroxylation sites is 1. The molecule has 1 aromatic carbocycles. The fourth-order valence-corrected chi connectivity index (χ4v) is 7.16. The zero-order chi connectivity index (χ0) is 28.1. The lowest BCUT2D eigenvalue weighted by atomic mass is 9.54. The van der Waals surface area contributed by atoms with Crippen LogP contribution in [0.4, 0.5) is 0 Å². The molecule has 0 saturated carbocycles. The van der Waals surface area contributed by atoms with Gasteiger partial charge in [0.1, 0.15) is 17.3 Å². The summed E-state index contributed by atoms with van der Waals surface area (Å²) in [6.07, 6.45) is 6.11. The van der Waals surface area contributed by atoms with Gasteiger partial charge in [-0.25, -0.2) is 0 Å². The number of nitrogens with one attached hydrogen (secondary N) is 2. The molecule has 1 amide bonds. The highest BCUT2D eigenvalue weighted by Crippen LogP contribution is 2.55. The first-order valence-corrected chi connectivity index (χ1v) is 13.9. The van der Waals surface area contributed by atoms with E-state index in [2.05, 4.69) is 10.3 Å². The first kappa shape index (κ1) is 27.3. The van der Waals surface area contributed by atoms with Crippen molar-refractivity contribution in [2.24, 2.45) is 23.2 Å². The maximum atomic E-state index is 14.2. The molecule has 5 rings (SSSR count). The standard InChI is InChI=1S/C32H38N2O5/c1-17-8-7-10-23-30(38)20(4)19(3)28-25(15-21-16-33-24-11-6-5-9-22(21)24)34-31(39)32(23,28)27(36)13-12-26(35)29(37)18(2)14-17/h5-7,9-11,14,16-17,23,25-26,28,30,33,35,38H,8,12-13,15H2,1-4H3,(H,34,39). The molecule has 7 heteroatoms. The van der Waals surface area contributed by atoms with E-state index in [1.165, 1.54) is 0 Å². The van der Waals surface area contributed by atoms with Gasteiger partial charge in [-0.1, -0.05) is 48.9 Å². The van der Waals surface area contributed by atoms with Crippen LogP contribution in [0, 0.1) is 23.2 Å². The number of carbonyl (C=O) groups excluding carboxylic acids is 3. The fraction of sp³-hybridized carbons (Fsp3) is 0.469. The zero-order valence-corrected chi connectivity index (χ0v) is 23.0. The van der Waals surface area contributed by atoms with E-state index in [4.69, 9.17) is 0 Å². The molecule has 2 aromatic rings. The van der Waals surface area contributed by atoms with Crippen molar-refractivity contribution in [2.45, 2.75) is 71.6 Å².